The van der Waals surface area contributed by atoms with Crippen LogP contribution in [0.25, 0.3) is 11.4 Å². The van der Waals surface area contributed by atoms with Gasteiger partial charge in [-0.25, -0.2) is 4.98 Å². The van der Waals surface area contributed by atoms with Gasteiger partial charge in [0.05, 0.1) is 30.9 Å². The van der Waals surface area contributed by atoms with E-state index in [-0.39, 0.29) is 0 Å². The van der Waals surface area contributed by atoms with Crippen LogP contribution in [0.15, 0.2) is 47.6 Å². The summed E-state index contributed by atoms with van der Waals surface area (Å²) in [7, 11) is 1.60. The summed E-state index contributed by atoms with van der Waals surface area (Å²) in [6.45, 7) is 0.501. The number of rotatable bonds is 7. The van der Waals surface area contributed by atoms with Crippen LogP contribution in [0.4, 0.5) is 0 Å². The van der Waals surface area contributed by atoms with E-state index in [1.165, 1.54) is 11.8 Å². The molecule has 3 rings (SSSR count). The van der Waals surface area contributed by atoms with Crippen LogP contribution in [0.2, 0.25) is 5.02 Å². The molecule has 0 spiro atoms. The molecule has 8 heteroatoms. The van der Waals surface area contributed by atoms with Gasteiger partial charge in [0, 0.05) is 10.8 Å². The smallest absolute Gasteiger partial charge is 0.208 e. The number of nitrogens with one attached hydrogen (secondary N) is 1. The summed E-state index contributed by atoms with van der Waals surface area (Å²) in [5, 5.41) is 17.1. The van der Waals surface area contributed by atoms with Crippen molar-refractivity contribution in [1.29, 1.82) is 5.26 Å². The lowest BCUT2D eigenvalue weighted by Crippen LogP contribution is -2.00. The minimum atomic E-state index is 0.501. The second-order valence-electron chi connectivity index (χ2n) is 5.14. The number of benzene rings is 2. The topological polar surface area (TPSA) is 83.8 Å². The fraction of sp³-hybridized carbons (Fsp3) is 0.167. The van der Waals surface area contributed by atoms with Gasteiger partial charge in [-0.1, -0.05) is 23.4 Å². The Morgan fingerprint density at radius 3 is 2.77 bits per heavy atom. The SMILES string of the molecule is COc1ccc(Cl)cc1-c1nc(SCCOc2ccc(C#N)cc2)n[nH]1. The fourth-order valence-electron chi connectivity index (χ4n) is 2.21. The van der Waals surface area contributed by atoms with Crippen LogP contribution in [0, 0.1) is 11.3 Å². The van der Waals surface area contributed by atoms with Crippen LogP contribution >= 0.6 is 23.4 Å². The number of ether oxygens (including phenoxy) is 2. The van der Waals surface area contributed by atoms with Crippen molar-refractivity contribution in [3.05, 3.63) is 53.1 Å². The first-order valence-electron chi connectivity index (χ1n) is 7.71. The predicted molar refractivity (Wildman–Crippen MR) is 101 cm³/mol. The Kier molecular flexibility index (Phi) is 6.00. The van der Waals surface area contributed by atoms with Gasteiger partial charge in [0.15, 0.2) is 5.82 Å². The number of aromatic amines is 1. The fourth-order valence-corrected chi connectivity index (χ4v) is 3.00. The van der Waals surface area contributed by atoms with Crippen LogP contribution < -0.4 is 9.47 Å². The number of methoxy groups -OCH3 is 1. The third-order valence-corrected chi connectivity index (χ3v) is 4.49. The monoisotopic (exact) mass is 386 g/mol. The molecule has 0 saturated heterocycles. The van der Waals surface area contributed by atoms with Gasteiger partial charge in [-0.3, -0.25) is 5.10 Å². The Labute approximate surface area is 160 Å². The summed E-state index contributed by atoms with van der Waals surface area (Å²) in [5.41, 5.74) is 1.37. The summed E-state index contributed by atoms with van der Waals surface area (Å²) in [6, 6.07) is 14.4. The second-order valence-corrected chi connectivity index (χ2v) is 6.64. The molecule has 0 aliphatic heterocycles. The maximum absolute atomic E-state index is 8.77. The van der Waals surface area contributed by atoms with Gasteiger partial charge < -0.3 is 9.47 Å². The predicted octanol–water partition coefficient (Wildman–Crippen LogP) is 4.18. The van der Waals surface area contributed by atoms with Crippen LogP contribution in [0.1, 0.15) is 5.56 Å². The lowest BCUT2D eigenvalue weighted by molar-refractivity contribution is 0.344. The average molecular weight is 387 g/mol. The highest BCUT2D eigenvalue weighted by atomic mass is 35.5. The normalized spacial score (nSPS) is 10.3. The Bertz CT molecular complexity index is 922. The number of halogens is 1. The Hall–Kier alpha value is -2.69. The van der Waals surface area contributed by atoms with E-state index in [0.29, 0.717) is 39.7 Å². The molecule has 0 saturated carbocycles. The van der Waals surface area contributed by atoms with Gasteiger partial charge in [-0.2, -0.15) is 5.26 Å². The van der Waals surface area contributed by atoms with Gasteiger partial charge >= 0.3 is 0 Å². The lowest BCUT2D eigenvalue weighted by atomic mass is 10.2. The number of H-pyrrole nitrogens is 1. The molecule has 1 heterocycles. The summed E-state index contributed by atoms with van der Waals surface area (Å²) >= 11 is 7.53. The zero-order valence-corrected chi connectivity index (χ0v) is 15.5. The average Bonchev–Trinajstić information content (AvgIpc) is 3.14. The van der Waals surface area contributed by atoms with Gasteiger partial charge in [0.1, 0.15) is 11.5 Å². The van der Waals surface area contributed by atoms with Crippen LogP contribution in [-0.4, -0.2) is 34.7 Å². The maximum atomic E-state index is 8.77. The van der Waals surface area contributed by atoms with Crippen LogP contribution in [-0.2, 0) is 0 Å². The first-order valence-corrected chi connectivity index (χ1v) is 9.08. The summed E-state index contributed by atoms with van der Waals surface area (Å²) in [5.74, 6) is 2.68. The molecular weight excluding hydrogens is 372 g/mol. The Morgan fingerprint density at radius 2 is 2.04 bits per heavy atom. The number of hydrogen-bond donors (Lipinski definition) is 1. The highest BCUT2D eigenvalue weighted by molar-refractivity contribution is 7.99. The number of aromatic nitrogens is 3. The molecule has 0 aliphatic carbocycles. The third-order valence-electron chi connectivity index (χ3n) is 3.45. The van der Waals surface area contributed by atoms with E-state index in [1.54, 1.807) is 49.6 Å². The molecule has 0 atom stereocenters. The zero-order chi connectivity index (χ0) is 18.4. The molecule has 132 valence electrons. The number of thioether (sulfide) groups is 1. The summed E-state index contributed by atoms with van der Waals surface area (Å²) in [6.07, 6.45) is 0. The summed E-state index contributed by atoms with van der Waals surface area (Å²) in [4.78, 5) is 4.46. The van der Waals surface area contributed by atoms with E-state index in [2.05, 4.69) is 21.3 Å². The maximum Gasteiger partial charge on any atom is 0.208 e. The number of nitriles is 1. The van der Waals surface area contributed by atoms with Gasteiger partial charge in [-0.15, -0.1) is 5.10 Å². The molecule has 0 aliphatic rings. The van der Waals surface area contributed by atoms with E-state index >= 15 is 0 Å². The van der Waals surface area contributed by atoms with Gasteiger partial charge in [0.25, 0.3) is 0 Å². The largest absolute Gasteiger partial charge is 0.496 e. The first-order chi connectivity index (χ1) is 12.7. The van der Waals surface area contributed by atoms with E-state index in [9.17, 15) is 0 Å². The molecule has 3 aromatic rings. The van der Waals surface area contributed by atoms with Gasteiger partial charge in [0.2, 0.25) is 5.16 Å². The number of nitrogens with zero attached hydrogens (tertiary/aromatic N) is 3. The van der Waals surface area contributed by atoms with Crippen molar-refractivity contribution >= 4 is 23.4 Å². The zero-order valence-electron chi connectivity index (χ0n) is 13.9. The summed E-state index contributed by atoms with van der Waals surface area (Å²) < 4.78 is 11.0. The van der Waals surface area contributed by atoms with Crippen LogP contribution in [0.3, 0.4) is 0 Å². The molecule has 0 bridgehead atoms. The molecule has 2 aromatic carbocycles. The minimum Gasteiger partial charge on any atom is -0.496 e. The molecule has 26 heavy (non-hydrogen) atoms. The first kappa shape index (κ1) is 18.1. The van der Waals surface area contributed by atoms with Crippen LogP contribution in [0.5, 0.6) is 11.5 Å². The van der Waals surface area contributed by atoms with Crippen molar-refractivity contribution < 1.29 is 9.47 Å². The standard InChI is InChI=1S/C18H15ClN4O2S/c1-24-16-7-4-13(19)10-15(16)17-21-18(23-22-17)26-9-8-25-14-5-2-12(11-20)3-6-14/h2-7,10H,8-9H2,1H3,(H,21,22,23). The molecule has 6 nitrogen and oxygen atoms in total. The van der Waals surface area contributed by atoms with E-state index in [1.807, 2.05) is 0 Å². The highest BCUT2D eigenvalue weighted by Crippen LogP contribution is 2.31. The van der Waals surface area contributed by atoms with Crippen molar-refractivity contribution in [3.8, 4) is 29.0 Å². The van der Waals surface area contributed by atoms with Crippen molar-refractivity contribution in [3.63, 3.8) is 0 Å². The quantitative estimate of drug-likeness (QED) is 0.484. The molecule has 1 aromatic heterocycles. The molecule has 0 amide bonds. The Balaban J connectivity index is 1.55. The van der Waals surface area contributed by atoms with Crippen molar-refractivity contribution in [2.45, 2.75) is 5.16 Å². The molecular formula is C18H15ClN4O2S. The van der Waals surface area contributed by atoms with Gasteiger partial charge in [-0.05, 0) is 42.5 Å². The minimum absolute atomic E-state index is 0.501. The highest BCUT2D eigenvalue weighted by Gasteiger charge is 2.12. The third kappa shape index (κ3) is 4.48. The molecule has 1 N–H and O–H groups in total. The molecule has 0 radical (unpaired) electrons. The van der Waals surface area contributed by atoms with Crippen molar-refractivity contribution in [1.82, 2.24) is 15.2 Å². The lowest BCUT2D eigenvalue weighted by Gasteiger charge is -2.05. The molecule has 0 unspecified atom stereocenters. The van der Waals surface area contributed by atoms with E-state index < -0.39 is 0 Å². The van der Waals surface area contributed by atoms with Crippen molar-refractivity contribution in [2.24, 2.45) is 0 Å². The van der Waals surface area contributed by atoms with Crippen molar-refractivity contribution in [2.75, 3.05) is 19.5 Å². The molecule has 0 fully saturated rings. The second kappa shape index (κ2) is 8.61. The Morgan fingerprint density at radius 1 is 1.23 bits per heavy atom. The van der Waals surface area contributed by atoms with E-state index in [4.69, 9.17) is 26.3 Å². The van der Waals surface area contributed by atoms with E-state index in [0.717, 1.165) is 11.3 Å². The number of hydrogen-bond acceptors (Lipinski definition) is 6.